The summed E-state index contributed by atoms with van der Waals surface area (Å²) in [6.45, 7) is 1.89. The van der Waals surface area contributed by atoms with Crippen LogP contribution in [0.1, 0.15) is 22.3 Å². The SMILES string of the molecule is O=C[C@H](OCc1ccccc1)[C@H](OCc1ccccc1)[C@H](OCc1ccccc1)[C@@H](OCc1ccccc1)C1OCCO1. The standard InChI is InChI=1S/C36H38O7/c37-23-32(40-24-28-13-5-1-6-14-28)33(41-25-29-15-7-2-8-16-29)34(42-26-30-17-9-3-10-18-30)35(36-38-21-22-39-36)43-27-31-19-11-4-12-20-31/h1-20,23,32-36H,21-22,24-27H2/t32-,33-,34-,35+/m0/s1. The van der Waals surface area contributed by atoms with Gasteiger partial charge in [-0.3, -0.25) is 0 Å². The molecule has 7 heteroatoms. The molecule has 4 atom stereocenters. The smallest absolute Gasteiger partial charge is 0.186 e. The summed E-state index contributed by atoms with van der Waals surface area (Å²) < 4.78 is 37.9. The van der Waals surface area contributed by atoms with Crippen molar-refractivity contribution >= 4 is 6.29 Å². The van der Waals surface area contributed by atoms with Gasteiger partial charge in [-0.2, -0.15) is 0 Å². The maximum absolute atomic E-state index is 12.7. The number of ether oxygens (including phenoxy) is 6. The molecule has 0 aromatic heterocycles. The minimum absolute atomic E-state index is 0.229. The van der Waals surface area contributed by atoms with Crippen LogP contribution in [-0.4, -0.2) is 50.2 Å². The molecule has 1 aliphatic rings. The number of carbonyl (C=O) groups is 1. The Balaban J connectivity index is 1.46. The van der Waals surface area contributed by atoms with Crippen LogP contribution in [0.5, 0.6) is 0 Å². The van der Waals surface area contributed by atoms with Crippen LogP contribution in [0.4, 0.5) is 0 Å². The molecule has 0 saturated carbocycles. The normalized spacial score (nSPS) is 16.4. The summed E-state index contributed by atoms with van der Waals surface area (Å²) in [5.41, 5.74) is 3.85. The van der Waals surface area contributed by atoms with Crippen LogP contribution in [0.2, 0.25) is 0 Å². The van der Waals surface area contributed by atoms with Gasteiger partial charge in [0.15, 0.2) is 12.6 Å². The molecule has 43 heavy (non-hydrogen) atoms. The average molecular weight is 583 g/mol. The van der Waals surface area contributed by atoms with Crippen LogP contribution in [0.25, 0.3) is 0 Å². The van der Waals surface area contributed by atoms with Crippen LogP contribution in [0.15, 0.2) is 121 Å². The molecule has 1 fully saturated rings. The van der Waals surface area contributed by atoms with Gasteiger partial charge in [0.1, 0.15) is 24.4 Å². The minimum atomic E-state index is -0.964. The fourth-order valence-corrected chi connectivity index (χ4v) is 4.93. The van der Waals surface area contributed by atoms with E-state index in [0.29, 0.717) is 19.8 Å². The molecule has 5 rings (SSSR count). The number of hydrogen-bond donors (Lipinski definition) is 0. The molecule has 1 heterocycles. The van der Waals surface area contributed by atoms with E-state index in [0.717, 1.165) is 28.5 Å². The summed E-state index contributed by atoms with van der Waals surface area (Å²) >= 11 is 0. The molecule has 0 unspecified atom stereocenters. The number of rotatable bonds is 17. The zero-order valence-corrected chi connectivity index (χ0v) is 24.1. The fourth-order valence-electron chi connectivity index (χ4n) is 4.93. The molecule has 0 spiro atoms. The highest BCUT2D eigenvalue weighted by atomic mass is 16.7. The first-order chi connectivity index (χ1) is 21.3. The van der Waals surface area contributed by atoms with Crippen molar-refractivity contribution in [2.75, 3.05) is 13.2 Å². The summed E-state index contributed by atoms with van der Waals surface area (Å²) in [6, 6.07) is 39.3. The highest BCUT2D eigenvalue weighted by Gasteiger charge is 2.44. The van der Waals surface area contributed by atoms with E-state index >= 15 is 0 Å². The Morgan fingerprint density at radius 1 is 0.535 bits per heavy atom. The van der Waals surface area contributed by atoms with Crippen molar-refractivity contribution in [2.45, 2.75) is 57.1 Å². The number of benzene rings is 4. The van der Waals surface area contributed by atoms with Crippen molar-refractivity contribution in [1.82, 2.24) is 0 Å². The fraction of sp³-hybridized carbons (Fsp3) is 0.306. The molecule has 4 aromatic rings. The lowest BCUT2D eigenvalue weighted by Gasteiger charge is -2.37. The molecule has 0 radical (unpaired) electrons. The van der Waals surface area contributed by atoms with Crippen LogP contribution in [-0.2, 0) is 59.6 Å². The zero-order chi connectivity index (χ0) is 29.5. The third kappa shape index (κ3) is 9.40. The van der Waals surface area contributed by atoms with Crippen molar-refractivity contribution in [2.24, 2.45) is 0 Å². The van der Waals surface area contributed by atoms with Crippen LogP contribution < -0.4 is 0 Å². The van der Waals surface area contributed by atoms with Crippen LogP contribution in [0, 0.1) is 0 Å². The summed E-state index contributed by atoms with van der Waals surface area (Å²) in [4.78, 5) is 12.7. The third-order valence-electron chi connectivity index (χ3n) is 7.16. The van der Waals surface area contributed by atoms with Crippen molar-refractivity contribution in [3.05, 3.63) is 144 Å². The Morgan fingerprint density at radius 3 is 1.33 bits per heavy atom. The molecule has 0 aliphatic carbocycles. The van der Waals surface area contributed by atoms with Gasteiger partial charge >= 0.3 is 0 Å². The van der Waals surface area contributed by atoms with Crippen molar-refractivity contribution in [1.29, 1.82) is 0 Å². The molecule has 224 valence electrons. The first kappa shape index (κ1) is 30.8. The Morgan fingerprint density at radius 2 is 0.907 bits per heavy atom. The van der Waals surface area contributed by atoms with E-state index in [1.165, 1.54) is 0 Å². The van der Waals surface area contributed by atoms with E-state index in [1.54, 1.807) is 0 Å². The van der Waals surface area contributed by atoms with Gasteiger partial charge in [0.2, 0.25) is 0 Å². The summed E-state index contributed by atoms with van der Waals surface area (Å²) in [5, 5.41) is 0. The summed E-state index contributed by atoms with van der Waals surface area (Å²) in [5.74, 6) is 0. The first-order valence-electron chi connectivity index (χ1n) is 14.6. The van der Waals surface area contributed by atoms with E-state index in [9.17, 15) is 4.79 Å². The number of carbonyl (C=O) groups excluding carboxylic acids is 1. The molecule has 7 nitrogen and oxygen atoms in total. The maximum atomic E-state index is 12.7. The first-order valence-corrected chi connectivity index (χ1v) is 14.6. The zero-order valence-electron chi connectivity index (χ0n) is 24.1. The largest absolute Gasteiger partial charge is 0.368 e. The second-order valence-electron chi connectivity index (χ2n) is 10.3. The van der Waals surface area contributed by atoms with E-state index < -0.39 is 30.7 Å². The Kier molecular flexibility index (Phi) is 12.0. The third-order valence-corrected chi connectivity index (χ3v) is 7.16. The lowest BCUT2D eigenvalue weighted by molar-refractivity contribution is -0.235. The van der Waals surface area contributed by atoms with Crippen molar-refractivity contribution in [3.63, 3.8) is 0 Å². The summed E-state index contributed by atoms with van der Waals surface area (Å²) in [6.07, 6.45) is -3.26. The molecular weight excluding hydrogens is 544 g/mol. The molecule has 0 N–H and O–H groups in total. The van der Waals surface area contributed by atoms with Crippen LogP contribution >= 0.6 is 0 Å². The van der Waals surface area contributed by atoms with Gasteiger partial charge in [-0.05, 0) is 22.3 Å². The second kappa shape index (κ2) is 16.8. The lowest BCUT2D eigenvalue weighted by Crippen LogP contribution is -2.54. The quantitative estimate of drug-likeness (QED) is 0.144. The maximum Gasteiger partial charge on any atom is 0.186 e. The number of hydrogen-bond acceptors (Lipinski definition) is 7. The Labute approximate surface area is 253 Å². The Bertz CT molecular complexity index is 1320. The van der Waals surface area contributed by atoms with Crippen LogP contribution in [0.3, 0.4) is 0 Å². The van der Waals surface area contributed by atoms with Gasteiger partial charge in [-0.25, -0.2) is 0 Å². The van der Waals surface area contributed by atoms with Gasteiger partial charge in [0.05, 0.1) is 39.6 Å². The topological polar surface area (TPSA) is 72.5 Å². The van der Waals surface area contributed by atoms with Gasteiger partial charge in [-0.15, -0.1) is 0 Å². The van der Waals surface area contributed by atoms with E-state index in [-0.39, 0.29) is 19.8 Å². The van der Waals surface area contributed by atoms with E-state index in [1.807, 2.05) is 121 Å². The average Bonchev–Trinajstić information content (AvgIpc) is 3.61. The molecule has 0 amide bonds. The van der Waals surface area contributed by atoms with Gasteiger partial charge in [0, 0.05) is 0 Å². The lowest BCUT2D eigenvalue weighted by atomic mass is 10.0. The van der Waals surface area contributed by atoms with Gasteiger partial charge < -0.3 is 33.2 Å². The van der Waals surface area contributed by atoms with Crippen molar-refractivity contribution < 1.29 is 33.2 Å². The number of aldehydes is 1. The van der Waals surface area contributed by atoms with Gasteiger partial charge in [-0.1, -0.05) is 121 Å². The molecule has 1 aliphatic heterocycles. The minimum Gasteiger partial charge on any atom is -0.368 e. The molecular formula is C36H38O7. The Hall–Kier alpha value is -3.69. The summed E-state index contributed by atoms with van der Waals surface area (Å²) in [7, 11) is 0. The highest BCUT2D eigenvalue weighted by Crippen LogP contribution is 2.27. The molecule has 1 saturated heterocycles. The second-order valence-corrected chi connectivity index (χ2v) is 10.3. The predicted octanol–water partition coefficient (Wildman–Crippen LogP) is 5.90. The predicted molar refractivity (Wildman–Crippen MR) is 162 cm³/mol. The highest BCUT2D eigenvalue weighted by molar-refractivity contribution is 5.57. The molecule has 0 bridgehead atoms. The molecule has 4 aromatic carbocycles. The van der Waals surface area contributed by atoms with Gasteiger partial charge in [0.25, 0.3) is 0 Å². The van der Waals surface area contributed by atoms with E-state index in [2.05, 4.69) is 0 Å². The van der Waals surface area contributed by atoms with E-state index in [4.69, 9.17) is 28.4 Å². The van der Waals surface area contributed by atoms with Crippen molar-refractivity contribution in [3.8, 4) is 0 Å². The monoisotopic (exact) mass is 582 g/mol.